The third kappa shape index (κ3) is 3.98. The molecule has 2 aromatic rings. The second-order valence-electron chi connectivity index (χ2n) is 6.53. The van der Waals surface area contributed by atoms with E-state index in [1.165, 1.54) is 12.8 Å². The molecule has 1 saturated heterocycles. The Morgan fingerprint density at radius 2 is 1.92 bits per heavy atom. The lowest BCUT2D eigenvalue weighted by Gasteiger charge is -2.30. The van der Waals surface area contributed by atoms with Crippen molar-refractivity contribution in [2.24, 2.45) is 5.92 Å². The molecule has 1 N–H and O–H groups in total. The molecule has 0 radical (unpaired) electrons. The van der Waals surface area contributed by atoms with Crippen LogP contribution in [0.3, 0.4) is 0 Å². The number of likely N-dealkylation sites (tertiary alicyclic amines) is 1. The van der Waals surface area contributed by atoms with E-state index < -0.39 is 11.9 Å². The first-order valence-corrected chi connectivity index (χ1v) is 8.36. The summed E-state index contributed by atoms with van der Waals surface area (Å²) in [5, 5.41) is 4.38. The maximum atomic E-state index is 13.0. The van der Waals surface area contributed by atoms with Gasteiger partial charge in [0.2, 0.25) is 0 Å². The van der Waals surface area contributed by atoms with Gasteiger partial charge in [0.15, 0.2) is 0 Å². The number of nitrogens with zero attached hydrogens (tertiary/aromatic N) is 2. The molecule has 0 atom stereocenters. The first-order valence-electron chi connectivity index (χ1n) is 8.36. The molecule has 3 nitrogen and oxygen atoms in total. The van der Waals surface area contributed by atoms with Crippen LogP contribution in [-0.2, 0) is 6.18 Å². The van der Waals surface area contributed by atoms with Gasteiger partial charge in [0.25, 0.3) is 0 Å². The Bertz CT molecular complexity index is 691. The summed E-state index contributed by atoms with van der Waals surface area (Å²) in [6.07, 6.45) is -2.07. The van der Waals surface area contributed by atoms with Crippen molar-refractivity contribution in [3.05, 3.63) is 36.0 Å². The summed E-state index contributed by atoms with van der Waals surface area (Å²) in [6.45, 7) is 5.78. The van der Waals surface area contributed by atoms with Crippen LogP contribution in [0, 0.1) is 5.92 Å². The number of alkyl halides is 3. The molecule has 130 valence electrons. The standard InChI is InChI=1S/C18H22F3N3/c1-13-6-9-24(10-7-13)11-8-22-17-15-5-3-2-4-14(15)12-16(23-17)18(19,20)21/h2-5,12-13H,6-11H2,1H3,(H,22,23). The van der Waals surface area contributed by atoms with Gasteiger partial charge in [0.05, 0.1) is 0 Å². The Hall–Kier alpha value is -1.82. The Morgan fingerprint density at radius 1 is 1.21 bits per heavy atom. The van der Waals surface area contributed by atoms with Gasteiger partial charge in [-0.25, -0.2) is 4.98 Å². The highest BCUT2D eigenvalue weighted by atomic mass is 19.4. The summed E-state index contributed by atoms with van der Waals surface area (Å²) in [5.41, 5.74) is -0.851. The molecule has 1 aromatic carbocycles. The van der Waals surface area contributed by atoms with Crippen molar-refractivity contribution < 1.29 is 13.2 Å². The van der Waals surface area contributed by atoms with Crippen LogP contribution in [0.5, 0.6) is 0 Å². The number of pyridine rings is 1. The highest BCUT2D eigenvalue weighted by Crippen LogP contribution is 2.32. The summed E-state index contributed by atoms with van der Waals surface area (Å²) in [6, 6.07) is 8.14. The molecule has 0 unspecified atom stereocenters. The minimum absolute atomic E-state index is 0.311. The second-order valence-corrected chi connectivity index (χ2v) is 6.53. The Kier molecular flexibility index (Phi) is 4.94. The Labute approximate surface area is 139 Å². The first kappa shape index (κ1) is 17.0. The molecule has 1 aliphatic rings. The summed E-state index contributed by atoms with van der Waals surface area (Å²) in [7, 11) is 0. The van der Waals surface area contributed by atoms with Crippen molar-refractivity contribution in [1.29, 1.82) is 0 Å². The number of nitrogens with one attached hydrogen (secondary N) is 1. The summed E-state index contributed by atoms with van der Waals surface area (Å²) >= 11 is 0. The van der Waals surface area contributed by atoms with E-state index in [4.69, 9.17) is 0 Å². The molecular formula is C18H22F3N3. The van der Waals surface area contributed by atoms with E-state index in [9.17, 15) is 13.2 Å². The van der Waals surface area contributed by atoms with Gasteiger partial charge < -0.3 is 10.2 Å². The Balaban J connectivity index is 1.73. The normalized spacial score (nSPS) is 17.3. The molecule has 6 heteroatoms. The number of benzene rings is 1. The quantitative estimate of drug-likeness (QED) is 0.896. The molecule has 24 heavy (non-hydrogen) atoms. The molecule has 1 fully saturated rings. The second kappa shape index (κ2) is 6.97. The van der Waals surface area contributed by atoms with Gasteiger partial charge in [-0.3, -0.25) is 0 Å². The van der Waals surface area contributed by atoms with Crippen LogP contribution in [0.2, 0.25) is 0 Å². The lowest BCUT2D eigenvalue weighted by molar-refractivity contribution is -0.140. The average Bonchev–Trinajstić information content (AvgIpc) is 2.55. The van der Waals surface area contributed by atoms with Crippen molar-refractivity contribution in [3.8, 4) is 0 Å². The number of rotatable bonds is 4. The number of halogens is 3. The fourth-order valence-corrected chi connectivity index (χ4v) is 3.10. The maximum Gasteiger partial charge on any atom is 0.433 e. The smallest absolute Gasteiger partial charge is 0.368 e. The van der Waals surface area contributed by atoms with Crippen LogP contribution in [-0.4, -0.2) is 36.1 Å². The molecule has 0 amide bonds. The van der Waals surface area contributed by atoms with Gasteiger partial charge in [-0.15, -0.1) is 0 Å². The van der Waals surface area contributed by atoms with Gasteiger partial charge in [-0.2, -0.15) is 13.2 Å². The van der Waals surface area contributed by atoms with Crippen LogP contribution in [0.1, 0.15) is 25.5 Å². The van der Waals surface area contributed by atoms with Crippen LogP contribution in [0.25, 0.3) is 10.8 Å². The lowest BCUT2D eigenvalue weighted by Crippen LogP contribution is -2.36. The van der Waals surface area contributed by atoms with E-state index in [1.54, 1.807) is 18.2 Å². The molecule has 0 aliphatic carbocycles. The van der Waals surface area contributed by atoms with Crippen LogP contribution >= 0.6 is 0 Å². The zero-order valence-corrected chi connectivity index (χ0v) is 13.7. The van der Waals surface area contributed by atoms with Crippen LogP contribution in [0.15, 0.2) is 30.3 Å². The zero-order chi connectivity index (χ0) is 17.2. The molecular weight excluding hydrogens is 315 g/mol. The third-order valence-electron chi connectivity index (χ3n) is 4.63. The van der Waals surface area contributed by atoms with Gasteiger partial charge in [0, 0.05) is 18.5 Å². The summed E-state index contributed by atoms with van der Waals surface area (Å²) in [4.78, 5) is 6.16. The number of hydrogen-bond donors (Lipinski definition) is 1. The van der Waals surface area contributed by atoms with Gasteiger partial charge >= 0.3 is 6.18 Å². The summed E-state index contributed by atoms with van der Waals surface area (Å²) < 4.78 is 39.1. The molecule has 0 spiro atoms. The molecule has 1 aliphatic heterocycles. The highest BCUT2D eigenvalue weighted by molar-refractivity contribution is 5.92. The minimum atomic E-state index is -4.44. The molecule has 1 aromatic heterocycles. The minimum Gasteiger partial charge on any atom is -0.368 e. The third-order valence-corrected chi connectivity index (χ3v) is 4.63. The highest BCUT2D eigenvalue weighted by Gasteiger charge is 2.33. The van der Waals surface area contributed by atoms with Crippen LogP contribution < -0.4 is 5.32 Å². The SMILES string of the molecule is CC1CCN(CCNc2nc(C(F)(F)F)cc3ccccc23)CC1. The fourth-order valence-electron chi connectivity index (χ4n) is 3.10. The first-order chi connectivity index (χ1) is 11.4. The fraction of sp³-hybridized carbons (Fsp3) is 0.500. The van der Waals surface area contributed by atoms with Crippen molar-refractivity contribution in [3.63, 3.8) is 0 Å². The number of fused-ring (bicyclic) bond motifs is 1. The number of anilines is 1. The molecule has 2 heterocycles. The average molecular weight is 337 g/mol. The Morgan fingerprint density at radius 3 is 2.62 bits per heavy atom. The van der Waals surface area contributed by atoms with E-state index in [1.807, 2.05) is 6.07 Å². The number of aromatic nitrogens is 1. The molecule has 0 saturated carbocycles. The van der Waals surface area contributed by atoms with E-state index in [-0.39, 0.29) is 0 Å². The van der Waals surface area contributed by atoms with Crippen molar-refractivity contribution in [2.75, 3.05) is 31.5 Å². The van der Waals surface area contributed by atoms with E-state index in [2.05, 4.69) is 22.1 Å². The van der Waals surface area contributed by atoms with Gasteiger partial charge in [-0.1, -0.05) is 31.2 Å². The molecule has 3 rings (SSSR count). The van der Waals surface area contributed by atoms with E-state index in [0.717, 1.165) is 37.0 Å². The zero-order valence-electron chi connectivity index (χ0n) is 13.7. The van der Waals surface area contributed by atoms with Crippen molar-refractivity contribution >= 4 is 16.6 Å². The van der Waals surface area contributed by atoms with Crippen molar-refractivity contribution in [2.45, 2.75) is 25.9 Å². The monoisotopic (exact) mass is 337 g/mol. The van der Waals surface area contributed by atoms with E-state index in [0.29, 0.717) is 17.7 Å². The summed E-state index contributed by atoms with van der Waals surface area (Å²) in [5.74, 6) is 1.08. The van der Waals surface area contributed by atoms with Crippen molar-refractivity contribution in [1.82, 2.24) is 9.88 Å². The van der Waals surface area contributed by atoms with Gasteiger partial charge in [0.1, 0.15) is 11.5 Å². The maximum absolute atomic E-state index is 13.0. The largest absolute Gasteiger partial charge is 0.433 e. The molecule has 0 bridgehead atoms. The number of hydrogen-bond acceptors (Lipinski definition) is 3. The number of piperidine rings is 1. The predicted molar refractivity (Wildman–Crippen MR) is 90.1 cm³/mol. The predicted octanol–water partition coefficient (Wildman–Crippen LogP) is 4.40. The topological polar surface area (TPSA) is 28.2 Å². The van der Waals surface area contributed by atoms with E-state index >= 15 is 0 Å². The van der Waals surface area contributed by atoms with Crippen LogP contribution in [0.4, 0.5) is 19.0 Å². The van der Waals surface area contributed by atoms with Gasteiger partial charge in [-0.05, 0) is 43.3 Å². The lowest BCUT2D eigenvalue weighted by atomic mass is 9.99.